The maximum absolute atomic E-state index is 8.76. The first-order valence-corrected chi connectivity index (χ1v) is 5.46. The van der Waals surface area contributed by atoms with Crippen LogP contribution in [-0.2, 0) is 0 Å². The van der Waals surface area contributed by atoms with Gasteiger partial charge in [-0.05, 0) is 32.0 Å². The summed E-state index contributed by atoms with van der Waals surface area (Å²) in [7, 11) is 0. The van der Waals surface area contributed by atoms with Crippen molar-refractivity contribution in [2.75, 3.05) is 5.32 Å². The van der Waals surface area contributed by atoms with Crippen LogP contribution in [-0.4, -0.2) is 18.0 Å². The van der Waals surface area contributed by atoms with Gasteiger partial charge in [0.2, 0.25) is 11.9 Å². The Bertz CT molecular complexity index is 510. The lowest BCUT2D eigenvalue weighted by Gasteiger charge is -2.05. The Balaban J connectivity index is 2.78. The van der Waals surface area contributed by atoms with E-state index in [1.807, 2.05) is 19.9 Å². The minimum Gasteiger partial charge on any atom is -0.369 e. The molecule has 1 aromatic rings. The van der Waals surface area contributed by atoms with Crippen LogP contribution in [0.3, 0.4) is 0 Å². The summed E-state index contributed by atoms with van der Waals surface area (Å²) in [6, 6.07) is 8.99. The quantitative estimate of drug-likeness (QED) is 0.532. The van der Waals surface area contributed by atoms with E-state index in [2.05, 4.69) is 15.3 Å². The summed E-state index contributed by atoms with van der Waals surface area (Å²) in [4.78, 5) is 7.92. The zero-order valence-corrected chi connectivity index (χ0v) is 10.4. The fourth-order valence-electron chi connectivity index (χ4n) is 1.26. The summed E-state index contributed by atoms with van der Waals surface area (Å²) < 4.78 is 0. The highest BCUT2D eigenvalue weighted by Gasteiger charge is 1.98. The standard InChI is InChI=1S/C12H16N6/c1-8(2)16-11(14)18-12(15)17-10-5-3-4-9(6-10)7-13/h3-6,8H,1-2H3,(H5,14,15,16,17,18). The molecule has 0 saturated carbocycles. The second-order valence-corrected chi connectivity index (χ2v) is 3.90. The second-order valence-electron chi connectivity index (χ2n) is 3.90. The van der Waals surface area contributed by atoms with E-state index in [0.717, 1.165) is 0 Å². The van der Waals surface area contributed by atoms with E-state index in [1.165, 1.54) is 0 Å². The van der Waals surface area contributed by atoms with Crippen LogP contribution >= 0.6 is 0 Å². The average molecular weight is 244 g/mol. The van der Waals surface area contributed by atoms with Gasteiger partial charge in [-0.15, -0.1) is 0 Å². The van der Waals surface area contributed by atoms with Crippen molar-refractivity contribution in [3.63, 3.8) is 0 Å². The number of aliphatic imine (C=N–C) groups is 2. The highest BCUT2D eigenvalue weighted by Crippen LogP contribution is 2.08. The topological polar surface area (TPSA) is 113 Å². The van der Waals surface area contributed by atoms with E-state index in [0.29, 0.717) is 11.3 Å². The van der Waals surface area contributed by atoms with Crippen molar-refractivity contribution < 1.29 is 0 Å². The van der Waals surface area contributed by atoms with Crippen LogP contribution in [0.4, 0.5) is 5.69 Å². The van der Waals surface area contributed by atoms with Gasteiger partial charge in [-0.3, -0.25) is 0 Å². The number of nitriles is 1. The van der Waals surface area contributed by atoms with Crippen molar-refractivity contribution in [3.8, 4) is 6.07 Å². The Morgan fingerprint density at radius 2 is 2.11 bits per heavy atom. The third-order valence-corrected chi connectivity index (χ3v) is 1.89. The van der Waals surface area contributed by atoms with E-state index in [4.69, 9.17) is 16.7 Å². The number of guanidine groups is 2. The predicted molar refractivity (Wildman–Crippen MR) is 73.2 cm³/mol. The number of nitrogens with one attached hydrogen (secondary N) is 1. The Labute approximate surface area is 106 Å². The molecule has 5 N–H and O–H groups in total. The minimum atomic E-state index is 0.0588. The lowest BCUT2D eigenvalue weighted by atomic mass is 10.2. The molecule has 0 saturated heterocycles. The van der Waals surface area contributed by atoms with Gasteiger partial charge in [0.15, 0.2) is 0 Å². The van der Waals surface area contributed by atoms with Crippen LogP contribution < -0.4 is 16.8 Å². The number of nitrogens with two attached hydrogens (primary N) is 2. The van der Waals surface area contributed by atoms with Crippen molar-refractivity contribution in [3.05, 3.63) is 29.8 Å². The largest absolute Gasteiger partial charge is 0.369 e. The molecule has 0 aliphatic rings. The first-order valence-electron chi connectivity index (χ1n) is 5.46. The monoisotopic (exact) mass is 244 g/mol. The van der Waals surface area contributed by atoms with Crippen LogP contribution in [0, 0.1) is 11.3 Å². The molecule has 0 unspecified atom stereocenters. The van der Waals surface area contributed by atoms with Crippen molar-refractivity contribution in [2.45, 2.75) is 19.9 Å². The molecular formula is C12H16N6. The number of rotatable bonds is 2. The molecule has 0 aliphatic heterocycles. The number of hydrogen-bond acceptors (Lipinski definition) is 2. The Hall–Kier alpha value is -2.55. The van der Waals surface area contributed by atoms with Crippen molar-refractivity contribution >= 4 is 17.6 Å². The fraction of sp³-hybridized carbons (Fsp3) is 0.250. The SMILES string of the molecule is CC(C)N=C(N)N=C(N)Nc1cccc(C#N)c1. The summed E-state index contributed by atoms with van der Waals surface area (Å²) in [6.45, 7) is 3.78. The third kappa shape index (κ3) is 4.53. The highest BCUT2D eigenvalue weighted by atomic mass is 15.2. The summed E-state index contributed by atoms with van der Waals surface area (Å²) in [5, 5.41) is 11.6. The zero-order chi connectivity index (χ0) is 13.5. The molecule has 0 bridgehead atoms. The molecule has 6 heteroatoms. The van der Waals surface area contributed by atoms with E-state index < -0.39 is 0 Å². The van der Waals surface area contributed by atoms with Gasteiger partial charge < -0.3 is 16.8 Å². The van der Waals surface area contributed by atoms with Crippen molar-refractivity contribution in [1.82, 2.24) is 0 Å². The minimum absolute atomic E-state index is 0.0588. The Morgan fingerprint density at radius 3 is 2.72 bits per heavy atom. The molecule has 0 atom stereocenters. The first kappa shape index (κ1) is 13.5. The first-order chi connectivity index (χ1) is 8.51. The van der Waals surface area contributed by atoms with Crippen molar-refractivity contribution in [2.24, 2.45) is 21.5 Å². The van der Waals surface area contributed by atoms with Gasteiger partial charge >= 0.3 is 0 Å². The number of hydrogen-bond donors (Lipinski definition) is 3. The maximum Gasteiger partial charge on any atom is 0.218 e. The Kier molecular flexibility index (Phi) is 4.69. The molecule has 0 aromatic heterocycles. The summed E-state index contributed by atoms with van der Waals surface area (Å²) in [6.07, 6.45) is 0. The van der Waals surface area contributed by atoms with Gasteiger partial charge in [0.1, 0.15) is 0 Å². The predicted octanol–water partition coefficient (Wildman–Crippen LogP) is 1.01. The average Bonchev–Trinajstić information content (AvgIpc) is 2.27. The molecular weight excluding hydrogens is 228 g/mol. The number of anilines is 1. The van der Waals surface area contributed by atoms with Gasteiger partial charge in [-0.25, -0.2) is 4.99 Å². The molecule has 94 valence electrons. The Morgan fingerprint density at radius 1 is 1.39 bits per heavy atom. The van der Waals surface area contributed by atoms with Crippen LogP contribution in [0.25, 0.3) is 0 Å². The van der Waals surface area contributed by atoms with Gasteiger partial charge in [0.25, 0.3) is 0 Å². The summed E-state index contributed by atoms with van der Waals surface area (Å²) in [5.41, 5.74) is 12.5. The van der Waals surface area contributed by atoms with Crippen LogP contribution in [0.2, 0.25) is 0 Å². The molecule has 6 nitrogen and oxygen atoms in total. The second kappa shape index (κ2) is 6.25. The smallest absolute Gasteiger partial charge is 0.218 e. The van der Waals surface area contributed by atoms with E-state index in [1.54, 1.807) is 24.3 Å². The molecule has 0 radical (unpaired) electrons. The molecule has 1 aromatic carbocycles. The normalized spacial score (nSPS) is 12.3. The molecule has 0 spiro atoms. The molecule has 0 amide bonds. The van der Waals surface area contributed by atoms with Crippen LogP contribution in [0.5, 0.6) is 0 Å². The molecule has 1 rings (SSSR count). The molecule has 0 fully saturated rings. The fourth-order valence-corrected chi connectivity index (χ4v) is 1.26. The third-order valence-electron chi connectivity index (χ3n) is 1.89. The maximum atomic E-state index is 8.76. The van der Waals surface area contributed by atoms with Gasteiger partial charge in [0, 0.05) is 11.7 Å². The summed E-state index contributed by atoms with van der Waals surface area (Å²) >= 11 is 0. The molecule has 18 heavy (non-hydrogen) atoms. The molecule has 0 heterocycles. The molecule has 0 aliphatic carbocycles. The van der Waals surface area contributed by atoms with E-state index >= 15 is 0 Å². The van der Waals surface area contributed by atoms with Crippen LogP contribution in [0.1, 0.15) is 19.4 Å². The lowest BCUT2D eigenvalue weighted by Crippen LogP contribution is -2.26. The van der Waals surface area contributed by atoms with E-state index in [9.17, 15) is 0 Å². The summed E-state index contributed by atoms with van der Waals surface area (Å²) in [5.74, 6) is 0.249. The van der Waals surface area contributed by atoms with Gasteiger partial charge in [-0.2, -0.15) is 10.3 Å². The number of benzene rings is 1. The lowest BCUT2D eigenvalue weighted by molar-refractivity contribution is 0.831. The zero-order valence-electron chi connectivity index (χ0n) is 10.4. The number of nitrogens with zero attached hydrogens (tertiary/aromatic N) is 3. The highest BCUT2D eigenvalue weighted by molar-refractivity contribution is 6.00. The van der Waals surface area contributed by atoms with Crippen molar-refractivity contribution in [1.29, 1.82) is 5.26 Å². The van der Waals surface area contributed by atoms with Gasteiger partial charge in [-0.1, -0.05) is 6.07 Å². The van der Waals surface area contributed by atoms with Gasteiger partial charge in [0.05, 0.1) is 11.6 Å². The van der Waals surface area contributed by atoms with Crippen LogP contribution in [0.15, 0.2) is 34.3 Å². The van der Waals surface area contributed by atoms with E-state index in [-0.39, 0.29) is 18.0 Å².